The summed E-state index contributed by atoms with van der Waals surface area (Å²) >= 11 is 0. The Bertz CT molecular complexity index is 562. The maximum absolute atomic E-state index is 12.3. The van der Waals surface area contributed by atoms with Gasteiger partial charge in [0, 0.05) is 51.9 Å². The molecular formula is C22H41N5O2. The second-order valence-electron chi connectivity index (χ2n) is 9.91. The van der Waals surface area contributed by atoms with E-state index in [1.165, 1.54) is 45.2 Å². The lowest BCUT2D eigenvalue weighted by atomic mass is 9.95. The summed E-state index contributed by atoms with van der Waals surface area (Å²) in [6.07, 6.45) is 8.28. The molecule has 0 bridgehead atoms. The van der Waals surface area contributed by atoms with E-state index < -0.39 is 5.60 Å². The van der Waals surface area contributed by atoms with E-state index in [2.05, 4.69) is 20.5 Å². The van der Waals surface area contributed by atoms with Crippen LogP contribution in [0, 0.1) is 5.92 Å². The second kappa shape index (κ2) is 10.0. The van der Waals surface area contributed by atoms with Crippen molar-refractivity contribution in [3.63, 3.8) is 0 Å². The molecule has 0 radical (unpaired) electrons. The van der Waals surface area contributed by atoms with Gasteiger partial charge in [0.1, 0.15) is 5.60 Å². The highest BCUT2D eigenvalue weighted by molar-refractivity contribution is 5.79. The number of amides is 1. The molecule has 1 unspecified atom stereocenters. The van der Waals surface area contributed by atoms with Crippen molar-refractivity contribution in [1.82, 2.24) is 20.4 Å². The molecule has 1 atom stereocenters. The van der Waals surface area contributed by atoms with Crippen molar-refractivity contribution in [3.05, 3.63) is 0 Å². The van der Waals surface area contributed by atoms with Crippen LogP contribution in [-0.4, -0.2) is 79.3 Å². The van der Waals surface area contributed by atoms with Crippen LogP contribution in [0.3, 0.4) is 0 Å². The molecule has 7 heteroatoms. The molecule has 29 heavy (non-hydrogen) atoms. The van der Waals surface area contributed by atoms with Crippen molar-refractivity contribution in [3.8, 4) is 0 Å². The zero-order chi connectivity index (χ0) is 20.9. The summed E-state index contributed by atoms with van der Waals surface area (Å²) in [5.74, 6) is 1.43. The third-order valence-corrected chi connectivity index (χ3v) is 6.17. The Morgan fingerprint density at radius 3 is 2.45 bits per heavy atom. The topological polar surface area (TPSA) is 69.2 Å². The minimum absolute atomic E-state index is 0.176. The molecule has 3 aliphatic rings. The Morgan fingerprint density at radius 2 is 1.83 bits per heavy atom. The molecular weight excluding hydrogens is 366 g/mol. The third-order valence-electron chi connectivity index (χ3n) is 6.17. The summed E-state index contributed by atoms with van der Waals surface area (Å²) in [7, 11) is 1.85. The van der Waals surface area contributed by atoms with Gasteiger partial charge in [-0.25, -0.2) is 4.79 Å². The van der Waals surface area contributed by atoms with Gasteiger partial charge in [0.2, 0.25) is 0 Å². The van der Waals surface area contributed by atoms with Crippen LogP contribution in [0.5, 0.6) is 0 Å². The molecule has 0 spiro atoms. The molecule has 166 valence electrons. The predicted molar refractivity (Wildman–Crippen MR) is 117 cm³/mol. The van der Waals surface area contributed by atoms with Crippen LogP contribution in [0.25, 0.3) is 0 Å². The first-order chi connectivity index (χ1) is 13.8. The smallest absolute Gasteiger partial charge is 0.410 e. The zero-order valence-corrected chi connectivity index (χ0v) is 18.9. The molecule has 3 fully saturated rings. The van der Waals surface area contributed by atoms with Crippen LogP contribution in [0.1, 0.15) is 65.7 Å². The Balaban J connectivity index is 1.34. The van der Waals surface area contributed by atoms with Crippen LogP contribution in [0.15, 0.2) is 4.99 Å². The summed E-state index contributed by atoms with van der Waals surface area (Å²) < 4.78 is 5.54. The lowest BCUT2D eigenvalue weighted by Gasteiger charge is -2.34. The van der Waals surface area contributed by atoms with Crippen LogP contribution in [0.4, 0.5) is 4.79 Å². The lowest BCUT2D eigenvalue weighted by molar-refractivity contribution is 0.0162. The van der Waals surface area contributed by atoms with Gasteiger partial charge in [0.15, 0.2) is 5.96 Å². The summed E-state index contributed by atoms with van der Waals surface area (Å²) in [6, 6.07) is 1.40. The van der Waals surface area contributed by atoms with Crippen molar-refractivity contribution < 1.29 is 9.53 Å². The summed E-state index contributed by atoms with van der Waals surface area (Å²) in [5.41, 5.74) is -0.432. The summed E-state index contributed by atoms with van der Waals surface area (Å²) in [4.78, 5) is 21.3. The zero-order valence-electron chi connectivity index (χ0n) is 18.9. The highest BCUT2D eigenvalue weighted by Crippen LogP contribution is 2.29. The van der Waals surface area contributed by atoms with E-state index >= 15 is 0 Å². The molecule has 0 aromatic carbocycles. The standard InChI is InChI=1S/C22H41N5O2/c1-22(2,3)29-21(28)27-13-5-6-17(16-27)9-12-24-20(23-4)25-18-10-14-26(15-11-18)19-7-8-19/h17-19H,5-16H2,1-4H3,(H2,23,24,25). The molecule has 1 saturated carbocycles. The highest BCUT2D eigenvalue weighted by atomic mass is 16.6. The van der Waals surface area contributed by atoms with Crippen LogP contribution >= 0.6 is 0 Å². The van der Waals surface area contributed by atoms with E-state index in [9.17, 15) is 4.79 Å². The Kier molecular flexibility index (Phi) is 7.66. The summed E-state index contributed by atoms with van der Waals surface area (Å²) in [5, 5.41) is 7.09. The van der Waals surface area contributed by atoms with Crippen molar-refractivity contribution in [2.75, 3.05) is 39.8 Å². The van der Waals surface area contributed by atoms with E-state index in [1.807, 2.05) is 32.7 Å². The van der Waals surface area contributed by atoms with E-state index in [0.29, 0.717) is 12.0 Å². The number of rotatable bonds is 5. The Labute approximate surface area is 176 Å². The average Bonchev–Trinajstić information content (AvgIpc) is 3.52. The molecule has 7 nitrogen and oxygen atoms in total. The van der Waals surface area contributed by atoms with Crippen molar-refractivity contribution >= 4 is 12.1 Å². The van der Waals surface area contributed by atoms with E-state index in [4.69, 9.17) is 4.74 Å². The lowest BCUT2D eigenvalue weighted by Crippen LogP contribution is -2.49. The number of likely N-dealkylation sites (tertiary alicyclic amines) is 2. The molecule has 1 amide bonds. The number of nitrogens with one attached hydrogen (secondary N) is 2. The number of hydrogen-bond donors (Lipinski definition) is 2. The monoisotopic (exact) mass is 407 g/mol. The average molecular weight is 408 g/mol. The van der Waals surface area contributed by atoms with Gasteiger partial charge in [0.05, 0.1) is 0 Å². The number of aliphatic imine (C=N–C) groups is 1. The number of guanidine groups is 1. The minimum atomic E-state index is -0.432. The first-order valence-electron chi connectivity index (χ1n) is 11.5. The largest absolute Gasteiger partial charge is 0.444 e. The first-order valence-corrected chi connectivity index (χ1v) is 11.5. The van der Waals surface area contributed by atoms with Crippen LogP contribution in [-0.2, 0) is 4.74 Å². The fourth-order valence-electron chi connectivity index (χ4n) is 4.42. The fraction of sp³-hybridized carbons (Fsp3) is 0.909. The molecule has 2 aliphatic heterocycles. The Morgan fingerprint density at radius 1 is 1.10 bits per heavy atom. The van der Waals surface area contributed by atoms with Crippen LogP contribution < -0.4 is 10.6 Å². The second-order valence-corrected chi connectivity index (χ2v) is 9.91. The maximum Gasteiger partial charge on any atom is 0.410 e. The van der Waals surface area contributed by atoms with Gasteiger partial charge in [-0.3, -0.25) is 4.99 Å². The predicted octanol–water partition coefficient (Wildman–Crippen LogP) is 2.82. The number of ether oxygens (including phenoxy) is 1. The molecule has 0 aromatic rings. The molecule has 1 aliphatic carbocycles. The number of carbonyl (C=O) groups excluding carboxylic acids is 1. The van der Waals surface area contributed by atoms with Gasteiger partial charge in [-0.2, -0.15) is 0 Å². The van der Waals surface area contributed by atoms with Crippen molar-refractivity contribution in [2.24, 2.45) is 10.9 Å². The minimum Gasteiger partial charge on any atom is -0.444 e. The fourth-order valence-corrected chi connectivity index (χ4v) is 4.42. The molecule has 2 heterocycles. The molecule has 3 rings (SSSR count). The maximum atomic E-state index is 12.3. The highest BCUT2D eigenvalue weighted by Gasteiger charge is 2.32. The normalized spacial score (nSPS) is 25.0. The van der Waals surface area contributed by atoms with Crippen LogP contribution in [0.2, 0.25) is 0 Å². The number of nitrogens with zero attached hydrogens (tertiary/aromatic N) is 3. The van der Waals surface area contributed by atoms with E-state index in [1.54, 1.807) is 0 Å². The van der Waals surface area contributed by atoms with Gasteiger partial charge in [-0.05, 0) is 71.6 Å². The van der Waals surface area contributed by atoms with Gasteiger partial charge in [0.25, 0.3) is 0 Å². The first kappa shape index (κ1) is 22.2. The summed E-state index contributed by atoms with van der Waals surface area (Å²) in [6.45, 7) is 10.7. The van der Waals surface area contributed by atoms with Crippen molar-refractivity contribution in [1.29, 1.82) is 0 Å². The van der Waals surface area contributed by atoms with Gasteiger partial charge in [-0.1, -0.05) is 0 Å². The Hall–Kier alpha value is -1.50. The molecule has 2 N–H and O–H groups in total. The molecule has 0 aromatic heterocycles. The van der Waals surface area contributed by atoms with Gasteiger partial charge in [-0.15, -0.1) is 0 Å². The third kappa shape index (κ3) is 7.36. The van der Waals surface area contributed by atoms with Gasteiger partial charge < -0.3 is 25.2 Å². The van der Waals surface area contributed by atoms with E-state index in [0.717, 1.165) is 44.5 Å². The number of hydrogen-bond acceptors (Lipinski definition) is 4. The van der Waals surface area contributed by atoms with E-state index in [-0.39, 0.29) is 6.09 Å². The number of piperidine rings is 2. The molecule has 2 saturated heterocycles. The quantitative estimate of drug-likeness (QED) is 0.542. The van der Waals surface area contributed by atoms with Crippen molar-refractivity contribution in [2.45, 2.75) is 83.4 Å². The SMILES string of the molecule is CN=C(NCCC1CCCN(C(=O)OC(C)(C)C)C1)NC1CCN(C2CC2)CC1. The number of carbonyl (C=O) groups is 1. The van der Waals surface area contributed by atoms with Gasteiger partial charge >= 0.3 is 6.09 Å².